The van der Waals surface area contributed by atoms with E-state index in [2.05, 4.69) is 15.5 Å². The Labute approximate surface area is 82.8 Å². The van der Waals surface area contributed by atoms with Crippen LogP contribution in [0.25, 0.3) is 0 Å². The third kappa shape index (κ3) is 2.52. The Kier molecular flexibility index (Phi) is 3.10. The van der Waals surface area contributed by atoms with Gasteiger partial charge in [-0.25, -0.2) is 0 Å². The Balaban J connectivity index is 1.76. The zero-order valence-corrected chi connectivity index (χ0v) is 8.32. The SMILES string of the molecule is Cc1nnc(COC2CCCNC2)o1. The summed E-state index contributed by atoms with van der Waals surface area (Å²) in [6, 6.07) is 0. The maximum Gasteiger partial charge on any atom is 0.242 e. The van der Waals surface area contributed by atoms with Crippen molar-refractivity contribution in [3.05, 3.63) is 11.8 Å². The maximum atomic E-state index is 5.62. The summed E-state index contributed by atoms with van der Waals surface area (Å²) >= 11 is 0. The molecule has 1 unspecified atom stereocenters. The van der Waals surface area contributed by atoms with Crippen molar-refractivity contribution in [2.75, 3.05) is 13.1 Å². The van der Waals surface area contributed by atoms with E-state index in [9.17, 15) is 0 Å². The monoisotopic (exact) mass is 197 g/mol. The molecule has 1 saturated heterocycles. The van der Waals surface area contributed by atoms with Crippen LogP contribution >= 0.6 is 0 Å². The lowest BCUT2D eigenvalue weighted by Gasteiger charge is -2.22. The highest BCUT2D eigenvalue weighted by Crippen LogP contribution is 2.09. The van der Waals surface area contributed by atoms with Crippen molar-refractivity contribution in [3.63, 3.8) is 0 Å². The summed E-state index contributed by atoms with van der Waals surface area (Å²) in [5, 5.41) is 10.9. The number of piperidine rings is 1. The second-order valence-corrected chi connectivity index (χ2v) is 3.49. The molecule has 0 bridgehead atoms. The Hall–Kier alpha value is -0.940. The zero-order valence-electron chi connectivity index (χ0n) is 8.32. The van der Waals surface area contributed by atoms with Crippen molar-refractivity contribution < 1.29 is 9.15 Å². The van der Waals surface area contributed by atoms with Gasteiger partial charge < -0.3 is 14.5 Å². The average molecular weight is 197 g/mol. The molecule has 1 aromatic rings. The average Bonchev–Trinajstić information content (AvgIpc) is 2.63. The van der Waals surface area contributed by atoms with Crippen molar-refractivity contribution in [3.8, 4) is 0 Å². The van der Waals surface area contributed by atoms with Gasteiger partial charge in [-0.15, -0.1) is 10.2 Å². The van der Waals surface area contributed by atoms with Crippen LogP contribution in [-0.2, 0) is 11.3 Å². The molecule has 2 rings (SSSR count). The van der Waals surface area contributed by atoms with E-state index in [0.29, 0.717) is 18.4 Å². The number of nitrogens with zero attached hydrogens (tertiary/aromatic N) is 2. The van der Waals surface area contributed by atoms with Gasteiger partial charge >= 0.3 is 0 Å². The predicted octanol–water partition coefficient (Wildman–Crippen LogP) is 0.647. The minimum absolute atomic E-state index is 0.288. The van der Waals surface area contributed by atoms with Crippen molar-refractivity contribution >= 4 is 0 Å². The number of nitrogens with one attached hydrogen (secondary N) is 1. The van der Waals surface area contributed by atoms with E-state index in [1.165, 1.54) is 6.42 Å². The molecular weight excluding hydrogens is 182 g/mol. The van der Waals surface area contributed by atoms with Gasteiger partial charge in [0.1, 0.15) is 6.61 Å². The van der Waals surface area contributed by atoms with Crippen LogP contribution in [0, 0.1) is 6.92 Å². The van der Waals surface area contributed by atoms with Gasteiger partial charge in [0.2, 0.25) is 11.8 Å². The van der Waals surface area contributed by atoms with Gasteiger partial charge in [-0.05, 0) is 19.4 Å². The molecule has 5 heteroatoms. The lowest BCUT2D eigenvalue weighted by Crippen LogP contribution is -2.35. The van der Waals surface area contributed by atoms with Gasteiger partial charge in [0.05, 0.1) is 6.10 Å². The first-order valence-corrected chi connectivity index (χ1v) is 4.96. The molecule has 0 aliphatic carbocycles. The van der Waals surface area contributed by atoms with Crippen LogP contribution in [0.15, 0.2) is 4.42 Å². The van der Waals surface area contributed by atoms with Crippen LogP contribution < -0.4 is 5.32 Å². The minimum Gasteiger partial charge on any atom is -0.423 e. The zero-order chi connectivity index (χ0) is 9.80. The normalized spacial score (nSPS) is 22.5. The van der Waals surface area contributed by atoms with E-state index in [1.54, 1.807) is 6.92 Å². The Bertz CT molecular complexity index is 281. The van der Waals surface area contributed by atoms with Gasteiger partial charge in [0.15, 0.2) is 0 Å². The van der Waals surface area contributed by atoms with E-state index < -0.39 is 0 Å². The van der Waals surface area contributed by atoms with Crippen LogP contribution in [0.4, 0.5) is 0 Å². The van der Waals surface area contributed by atoms with Crippen LogP contribution in [0.1, 0.15) is 24.6 Å². The fourth-order valence-corrected chi connectivity index (χ4v) is 1.55. The summed E-state index contributed by atoms with van der Waals surface area (Å²) in [7, 11) is 0. The molecule has 1 fully saturated rings. The molecule has 2 heterocycles. The molecule has 78 valence electrons. The molecule has 0 spiro atoms. The molecule has 1 aliphatic rings. The molecule has 0 radical (unpaired) electrons. The van der Waals surface area contributed by atoms with Crippen molar-refractivity contribution in [2.24, 2.45) is 0 Å². The predicted molar refractivity (Wildman–Crippen MR) is 49.7 cm³/mol. The number of aromatic nitrogens is 2. The highest BCUT2D eigenvalue weighted by molar-refractivity contribution is 4.77. The Morgan fingerprint density at radius 2 is 2.50 bits per heavy atom. The van der Waals surface area contributed by atoms with Crippen LogP contribution in [0.2, 0.25) is 0 Å². The van der Waals surface area contributed by atoms with E-state index in [-0.39, 0.29) is 6.10 Å². The van der Waals surface area contributed by atoms with Crippen LogP contribution in [0.3, 0.4) is 0 Å². The summed E-state index contributed by atoms with van der Waals surface area (Å²) in [5.74, 6) is 1.15. The topological polar surface area (TPSA) is 60.2 Å². The molecule has 1 aliphatic heterocycles. The summed E-state index contributed by atoms with van der Waals surface area (Å²) in [6.07, 6.45) is 2.57. The fraction of sp³-hybridized carbons (Fsp3) is 0.778. The fourth-order valence-electron chi connectivity index (χ4n) is 1.55. The number of hydrogen-bond acceptors (Lipinski definition) is 5. The Morgan fingerprint density at radius 3 is 3.14 bits per heavy atom. The van der Waals surface area contributed by atoms with E-state index in [4.69, 9.17) is 9.15 Å². The molecule has 0 saturated carbocycles. The van der Waals surface area contributed by atoms with Crippen molar-refractivity contribution in [1.29, 1.82) is 0 Å². The molecule has 1 N–H and O–H groups in total. The van der Waals surface area contributed by atoms with E-state index in [0.717, 1.165) is 19.5 Å². The molecule has 0 aromatic carbocycles. The first-order chi connectivity index (χ1) is 6.84. The molecule has 5 nitrogen and oxygen atoms in total. The second-order valence-electron chi connectivity index (χ2n) is 3.49. The highest BCUT2D eigenvalue weighted by atomic mass is 16.5. The Morgan fingerprint density at radius 1 is 1.57 bits per heavy atom. The summed E-state index contributed by atoms with van der Waals surface area (Å²) in [6.45, 7) is 4.22. The van der Waals surface area contributed by atoms with E-state index in [1.807, 2.05) is 0 Å². The van der Waals surface area contributed by atoms with Gasteiger partial charge in [-0.2, -0.15) is 0 Å². The number of rotatable bonds is 3. The largest absolute Gasteiger partial charge is 0.423 e. The molecule has 14 heavy (non-hydrogen) atoms. The maximum absolute atomic E-state index is 5.62. The molecular formula is C9H15N3O2. The number of ether oxygens (including phenoxy) is 1. The van der Waals surface area contributed by atoms with Crippen molar-refractivity contribution in [2.45, 2.75) is 32.5 Å². The third-order valence-electron chi connectivity index (χ3n) is 2.26. The molecule has 0 amide bonds. The van der Waals surface area contributed by atoms with Crippen LogP contribution in [0.5, 0.6) is 0 Å². The van der Waals surface area contributed by atoms with Gasteiger partial charge in [0, 0.05) is 13.5 Å². The number of hydrogen-bond donors (Lipinski definition) is 1. The summed E-state index contributed by atoms with van der Waals surface area (Å²) in [5.41, 5.74) is 0. The second kappa shape index (κ2) is 4.52. The quantitative estimate of drug-likeness (QED) is 0.770. The van der Waals surface area contributed by atoms with Gasteiger partial charge in [-0.3, -0.25) is 0 Å². The lowest BCUT2D eigenvalue weighted by atomic mass is 10.1. The van der Waals surface area contributed by atoms with Crippen LogP contribution in [-0.4, -0.2) is 29.4 Å². The smallest absolute Gasteiger partial charge is 0.242 e. The van der Waals surface area contributed by atoms with E-state index >= 15 is 0 Å². The van der Waals surface area contributed by atoms with Crippen molar-refractivity contribution in [1.82, 2.24) is 15.5 Å². The van der Waals surface area contributed by atoms with Gasteiger partial charge in [0.25, 0.3) is 0 Å². The highest BCUT2D eigenvalue weighted by Gasteiger charge is 2.14. The standard InChI is InChI=1S/C9H15N3O2/c1-7-11-12-9(14-7)6-13-8-3-2-4-10-5-8/h8,10H,2-6H2,1H3. The first kappa shape index (κ1) is 9.61. The minimum atomic E-state index is 0.288. The van der Waals surface area contributed by atoms with Gasteiger partial charge in [-0.1, -0.05) is 0 Å². The summed E-state index contributed by atoms with van der Waals surface area (Å²) in [4.78, 5) is 0. The number of aryl methyl sites for hydroxylation is 1. The summed E-state index contributed by atoms with van der Waals surface area (Å²) < 4.78 is 10.8. The first-order valence-electron chi connectivity index (χ1n) is 4.96. The molecule has 1 aromatic heterocycles. The third-order valence-corrected chi connectivity index (χ3v) is 2.26. The lowest BCUT2D eigenvalue weighted by molar-refractivity contribution is 0.0143. The molecule has 1 atom stereocenters.